The van der Waals surface area contributed by atoms with Crippen LogP contribution in [0.2, 0.25) is 0 Å². The number of allylic oxidation sites excluding steroid dienone is 4. The molecular formula is C28H46O. The number of hydrogen-bond acceptors (Lipinski definition) is 1. The first-order chi connectivity index (χ1) is 13.7. The molecule has 2 fully saturated rings. The summed E-state index contributed by atoms with van der Waals surface area (Å²) in [4.78, 5) is 0. The van der Waals surface area contributed by atoms with E-state index in [0.29, 0.717) is 10.8 Å². The Morgan fingerprint density at radius 2 is 1.79 bits per heavy atom. The summed E-state index contributed by atoms with van der Waals surface area (Å²) in [6, 6.07) is 0. The second-order valence-electron chi connectivity index (χ2n) is 12.3. The Bertz CT molecular complexity index is 672. The summed E-state index contributed by atoms with van der Waals surface area (Å²) in [5.74, 6) is 4.66. The second kappa shape index (κ2) is 7.85. The molecule has 4 aliphatic rings. The molecule has 4 aliphatic carbocycles. The minimum Gasteiger partial charge on any atom is -0.393 e. The Hall–Kier alpha value is -0.560. The summed E-state index contributed by atoms with van der Waals surface area (Å²) in [5, 5.41) is 10.2. The van der Waals surface area contributed by atoms with Crippen molar-refractivity contribution in [2.75, 3.05) is 0 Å². The monoisotopic (exact) mass is 398 g/mol. The van der Waals surface area contributed by atoms with Crippen molar-refractivity contribution in [3.8, 4) is 0 Å². The molecule has 1 nitrogen and oxygen atoms in total. The number of aliphatic hydroxyl groups is 1. The third-order valence-corrected chi connectivity index (χ3v) is 10.4. The molecule has 0 radical (unpaired) electrons. The predicted molar refractivity (Wildman–Crippen MR) is 124 cm³/mol. The molecule has 0 aromatic carbocycles. The molecule has 0 amide bonds. The lowest BCUT2D eigenvalue weighted by molar-refractivity contribution is -0.0376. The summed E-state index contributed by atoms with van der Waals surface area (Å²) >= 11 is 0. The average molecular weight is 399 g/mol. The Balaban J connectivity index is 1.54. The zero-order chi connectivity index (χ0) is 21.0. The highest BCUT2D eigenvalue weighted by Gasteiger charge is 2.54. The van der Waals surface area contributed by atoms with Gasteiger partial charge in [-0.3, -0.25) is 0 Å². The fraction of sp³-hybridized carbons (Fsp3) is 0.857. The third-order valence-electron chi connectivity index (χ3n) is 10.4. The quantitative estimate of drug-likeness (QED) is 0.506. The van der Waals surface area contributed by atoms with Gasteiger partial charge in [-0.25, -0.2) is 0 Å². The highest BCUT2D eigenvalue weighted by atomic mass is 16.3. The summed E-state index contributed by atoms with van der Waals surface area (Å²) in [5.41, 5.74) is 4.39. The molecule has 8 atom stereocenters. The minimum atomic E-state index is -0.0408. The molecule has 29 heavy (non-hydrogen) atoms. The van der Waals surface area contributed by atoms with Crippen LogP contribution in [-0.4, -0.2) is 11.2 Å². The molecular weight excluding hydrogens is 352 g/mol. The molecule has 0 unspecified atom stereocenters. The molecule has 164 valence electrons. The smallest absolute Gasteiger partial charge is 0.0543 e. The predicted octanol–water partition coefficient (Wildman–Crippen LogP) is 7.55. The van der Waals surface area contributed by atoms with Gasteiger partial charge in [-0.1, -0.05) is 65.7 Å². The van der Waals surface area contributed by atoms with E-state index in [2.05, 4.69) is 53.7 Å². The van der Waals surface area contributed by atoms with Gasteiger partial charge in [-0.2, -0.15) is 0 Å². The number of aliphatic hydroxyl groups excluding tert-OH is 1. The van der Waals surface area contributed by atoms with E-state index in [1.807, 2.05) is 5.57 Å². The number of hydrogen-bond donors (Lipinski definition) is 1. The molecule has 0 aromatic rings. The zero-order valence-corrected chi connectivity index (χ0v) is 20.0. The fourth-order valence-corrected chi connectivity index (χ4v) is 7.89. The van der Waals surface area contributed by atoms with Crippen LogP contribution in [0.3, 0.4) is 0 Å². The maximum atomic E-state index is 10.2. The lowest BCUT2D eigenvalue weighted by Crippen LogP contribution is -2.48. The molecule has 0 heterocycles. The highest BCUT2D eigenvalue weighted by molar-refractivity contribution is 5.44. The Kier molecular flexibility index (Phi) is 5.86. The van der Waals surface area contributed by atoms with E-state index in [4.69, 9.17) is 0 Å². The SMILES string of the molecule is CC(C)[C@@H](C)CC[C@@H](C)[C@H]1C=CC2=C3CC[C@H]4C[C@@H](O)CC[C@]4(C)[C@@H]3CC[C@@]21C. The van der Waals surface area contributed by atoms with E-state index in [9.17, 15) is 5.11 Å². The van der Waals surface area contributed by atoms with Crippen LogP contribution in [0, 0.1) is 46.3 Å². The van der Waals surface area contributed by atoms with Gasteiger partial charge in [-0.15, -0.1) is 0 Å². The molecule has 1 heteroatoms. The summed E-state index contributed by atoms with van der Waals surface area (Å²) in [7, 11) is 0. The van der Waals surface area contributed by atoms with Crippen molar-refractivity contribution in [2.24, 2.45) is 46.3 Å². The van der Waals surface area contributed by atoms with Crippen LogP contribution in [0.25, 0.3) is 0 Å². The lowest BCUT2D eigenvalue weighted by Gasteiger charge is -2.56. The first-order valence-electron chi connectivity index (χ1n) is 12.8. The standard InChI is InChI=1S/C28H46O/c1-18(2)19(3)7-8-20(4)24-11-12-25-23-10-9-21-17-22(29)13-15-27(21,5)26(23)14-16-28(24,25)6/h11-12,18-22,24,26,29H,7-10,13-17H2,1-6H3/t19-,20+,21-,22-,24+,26+,27-,28+/m0/s1. The van der Waals surface area contributed by atoms with Gasteiger partial charge >= 0.3 is 0 Å². The van der Waals surface area contributed by atoms with Crippen LogP contribution in [-0.2, 0) is 0 Å². The Morgan fingerprint density at radius 1 is 1.03 bits per heavy atom. The van der Waals surface area contributed by atoms with Crippen molar-refractivity contribution in [1.82, 2.24) is 0 Å². The maximum absolute atomic E-state index is 10.2. The Morgan fingerprint density at radius 3 is 2.52 bits per heavy atom. The largest absolute Gasteiger partial charge is 0.393 e. The normalized spacial score (nSPS) is 43.7. The molecule has 0 aromatic heterocycles. The van der Waals surface area contributed by atoms with Crippen molar-refractivity contribution in [2.45, 2.75) is 105 Å². The summed E-state index contributed by atoms with van der Waals surface area (Å²) < 4.78 is 0. The van der Waals surface area contributed by atoms with Gasteiger partial charge in [0.15, 0.2) is 0 Å². The highest BCUT2D eigenvalue weighted by Crippen LogP contribution is 2.64. The van der Waals surface area contributed by atoms with Gasteiger partial charge in [0.1, 0.15) is 0 Å². The molecule has 4 rings (SSSR count). The Labute approximate surface area is 180 Å². The molecule has 0 spiro atoms. The molecule has 0 saturated heterocycles. The minimum absolute atomic E-state index is 0.0408. The van der Waals surface area contributed by atoms with Crippen LogP contribution in [0.5, 0.6) is 0 Å². The molecule has 1 N–H and O–H groups in total. The fourth-order valence-electron chi connectivity index (χ4n) is 7.89. The van der Waals surface area contributed by atoms with E-state index < -0.39 is 0 Å². The van der Waals surface area contributed by atoms with Gasteiger partial charge in [0.2, 0.25) is 0 Å². The van der Waals surface area contributed by atoms with Crippen LogP contribution >= 0.6 is 0 Å². The topological polar surface area (TPSA) is 20.2 Å². The third kappa shape index (κ3) is 3.58. The molecule has 2 saturated carbocycles. The van der Waals surface area contributed by atoms with Gasteiger partial charge in [-0.05, 0) is 103 Å². The second-order valence-corrected chi connectivity index (χ2v) is 12.3. The first-order valence-corrected chi connectivity index (χ1v) is 12.8. The summed E-state index contributed by atoms with van der Waals surface area (Å²) in [6.45, 7) is 14.9. The van der Waals surface area contributed by atoms with Crippen LogP contribution in [0.15, 0.2) is 23.3 Å². The van der Waals surface area contributed by atoms with Crippen LogP contribution in [0.4, 0.5) is 0 Å². The number of fused-ring (bicyclic) bond motifs is 4. The van der Waals surface area contributed by atoms with Crippen molar-refractivity contribution in [3.63, 3.8) is 0 Å². The molecule has 0 aliphatic heterocycles. The van der Waals surface area contributed by atoms with Crippen molar-refractivity contribution in [1.29, 1.82) is 0 Å². The van der Waals surface area contributed by atoms with Gasteiger partial charge < -0.3 is 5.11 Å². The van der Waals surface area contributed by atoms with E-state index in [1.54, 1.807) is 5.57 Å². The van der Waals surface area contributed by atoms with E-state index in [-0.39, 0.29) is 6.10 Å². The van der Waals surface area contributed by atoms with E-state index >= 15 is 0 Å². The summed E-state index contributed by atoms with van der Waals surface area (Å²) in [6.07, 6.45) is 16.5. The zero-order valence-electron chi connectivity index (χ0n) is 20.0. The first kappa shape index (κ1) is 21.7. The number of rotatable bonds is 5. The van der Waals surface area contributed by atoms with Gasteiger partial charge in [0, 0.05) is 0 Å². The maximum Gasteiger partial charge on any atom is 0.0543 e. The molecule has 0 bridgehead atoms. The van der Waals surface area contributed by atoms with Crippen LogP contribution < -0.4 is 0 Å². The van der Waals surface area contributed by atoms with Crippen molar-refractivity contribution < 1.29 is 5.11 Å². The van der Waals surface area contributed by atoms with Crippen molar-refractivity contribution >= 4 is 0 Å². The average Bonchev–Trinajstić information content (AvgIpc) is 3.03. The van der Waals surface area contributed by atoms with Gasteiger partial charge in [0.25, 0.3) is 0 Å². The van der Waals surface area contributed by atoms with Gasteiger partial charge in [0.05, 0.1) is 6.10 Å². The van der Waals surface area contributed by atoms with E-state index in [0.717, 1.165) is 48.3 Å². The van der Waals surface area contributed by atoms with E-state index in [1.165, 1.54) is 44.9 Å². The lowest BCUT2D eigenvalue weighted by atomic mass is 9.48. The van der Waals surface area contributed by atoms with Crippen molar-refractivity contribution in [3.05, 3.63) is 23.3 Å². The van der Waals surface area contributed by atoms with Crippen LogP contribution in [0.1, 0.15) is 99.3 Å².